The van der Waals surface area contributed by atoms with Crippen molar-refractivity contribution in [2.75, 3.05) is 19.5 Å². The second-order valence-electron chi connectivity index (χ2n) is 5.86. The van der Waals surface area contributed by atoms with Crippen molar-refractivity contribution >= 4 is 28.1 Å². The van der Waals surface area contributed by atoms with Crippen molar-refractivity contribution in [3.05, 3.63) is 59.2 Å². The van der Waals surface area contributed by atoms with Crippen LogP contribution in [-0.4, -0.2) is 29.2 Å². The van der Waals surface area contributed by atoms with Gasteiger partial charge in [0.2, 0.25) is 0 Å². The summed E-state index contributed by atoms with van der Waals surface area (Å²) in [7, 11) is 3.29. The van der Waals surface area contributed by atoms with Crippen LogP contribution in [0.3, 0.4) is 0 Å². The maximum atomic E-state index is 5.47. The lowest BCUT2D eigenvalue weighted by Crippen LogP contribution is -2.04. The van der Waals surface area contributed by atoms with Gasteiger partial charge in [-0.1, -0.05) is 6.07 Å². The predicted octanol–water partition coefficient (Wildman–Crippen LogP) is 4.38. The van der Waals surface area contributed by atoms with Crippen molar-refractivity contribution in [2.45, 2.75) is 6.54 Å². The first-order valence-electron chi connectivity index (χ1n) is 8.36. The van der Waals surface area contributed by atoms with Crippen LogP contribution in [0, 0.1) is 0 Å². The molecular weight excluding hydrogens is 360 g/mol. The molecule has 0 radical (unpaired) electrons. The number of methoxy groups -OCH3 is 2. The van der Waals surface area contributed by atoms with E-state index in [2.05, 4.69) is 26.3 Å². The number of aromatic nitrogens is 3. The summed E-state index contributed by atoms with van der Waals surface area (Å²) in [5.41, 5.74) is 5.72. The maximum absolute atomic E-state index is 5.47. The lowest BCUT2D eigenvalue weighted by atomic mass is 10.1. The first-order valence-corrected chi connectivity index (χ1v) is 9.31. The Morgan fingerprint density at radius 1 is 1.00 bits per heavy atom. The Hall–Kier alpha value is -3.19. The van der Waals surface area contributed by atoms with Gasteiger partial charge in [-0.05, 0) is 24.3 Å². The number of hydrogen-bond donors (Lipinski definition) is 1. The molecule has 27 heavy (non-hydrogen) atoms. The Kier molecular flexibility index (Phi) is 4.84. The van der Waals surface area contributed by atoms with Gasteiger partial charge in [0.15, 0.2) is 0 Å². The topological polar surface area (TPSA) is 69.2 Å². The summed E-state index contributed by atoms with van der Waals surface area (Å²) in [6, 6.07) is 11.9. The van der Waals surface area contributed by atoms with Crippen molar-refractivity contribution in [1.29, 1.82) is 0 Å². The van der Waals surface area contributed by atoms with Gasteiger partial charge in [-0.3, -0.25) is 0 Å². The van der Waals surface area contributed by atoms with Crippen LogP contribution in [0.1, 0.15) is 5.56 Å². The standard InChI is InChI=1S/C20H18N4O2S/c1-25-15-5-3-14(19(8-15)26-2)9-21-20-16-7-13(18-10-27-12-24-18)4-6-17(16)22-11-23-20/h3-8,10-12H,9H2,1-2H3,(H,21,22,23). The van der Waals surface area contributed by atoms with E-state index in [1.807, 2.05) is 41.2 Å². The van der Waals surface area contributed by atoms with Crippen LogP contribution < -0.4 is 14.8 Å². The van der Waals surface area contributed by atoms with Gasteiger partial charge in [0.25, 0.3) is 0 Å². The van der Waals surface area contributed by atoms with Gasteiger partial charge >= 0.3 is 0 Å². The van der Waals surface area contributed by atoms with Crippen LogP contribution in [0.25, 0.3) is 22.2 Å². The fourth-order valence-corrected chi connectivity index (χ4v) is 3.45. The molecule has 0 fully saturated rings. The average Bonchev–Trinajstić information content (AvgIpc) is 3.26. The fraction of sp³-hybridized carbons (Fsp3) is 0.150. The van der Waals surface area contributed by atoms with Crippen LogP contribution in [0.2, 0.25) is 0 Å². The van der Waals surface area contributed by atoms with Crippen molar-refractivity contribution in [1.82, 2.24) is 15.0 Å². The molecule has 0 saturated carbocycles. The molecule has 1 N–H and O–H groups in total. The smallest absolute Gasteiger partial charge is 0.137 e. The molecule has 0 aliphatic carbocycles. The monoisotopic (exact) mass is 378 g/mol. The number of fused-ring (bicyclic) bond motifs is 1. The molecule has 0 amide bonds. The summed E-state index contributed by atoms with van der Waals surface area (Å²) in [6.45, 7) is 0.570. The quantitative estimate of drug-likeness (QED) is 0.537. The number of hydrogen-bond acceptors (Lipinski definition) is 7. The molecule has 2 aromatic carbocycles. The maximum Gasteiger partial charge on any atom is 0.137 e. The third kappa shape index (κ3) is 3.54. The molecule has 4 aromatic rings. The Labute approximate surface area is 160 Å². The van der Waals surface area contributed by atoms with Crippen LogP contribution in [0.5, 0.6) is 11.5 Å². The number of rotatable bonds is 6. The van der Waals surface area contributed by atoms with Crippen molar-refractivity contribution < 1.29 is 9.47 Å². The van der Waals surface area contributed by atoms with E-state index in [0.29, 0.717) is 6.54 Å². The summed E-state index contributed by atoms with van der Waals surface area (Å²) >= 11 is 1.58. The molecule has 0 atom stereocenters. The normalized spacial score (nSPS) is 10.7. The first-order chi connectivity index (χ1) is 13.3. The van der Waals surface area contributed by atoms with Crippen molar-refractivity contribution in [2.24, 2.45) is 0 Å². The third-order valence-corrected chi connectivity index (χ3v) is 4.89. The fourth-order valence-electron chi connectivity index (χ4n) is 2.89. The summed E-state index contributed by atoms with van der Waals surface area (Å²) < 4.78 is 10.7. The van der Waals surface area contributed by atoms with Gasteiger partial charge in [0, 0.05) is 34.5 Å². The summed E-state index contributed by atoms with van der Waals surface area (Å²) in [4.78, 5) is 13.2. The van der Waals surface area contributed by atoms with E-state index in [1.54, 1.807) is 31.9 Å². The number of anilines is 1. The predicted molar refractivity (Wildman–Crippen MR) is 108 cm³/mol. The van der Waals surface area contributed by atoms with Gasteiger partial charge in [-0.2, -0.15) is 0 Å². The number of nitrogens with zero attached hydrogens (tertiary/aromatic N) is 3. The molecule has 0 saturated heterocycles. The number of benzene rings is 2. The van der Waals surface area contributed by atoms with Gasteiger partial charge in [0.05, 0.1) is 30.9 Å². The van der Waals surface area contributed by atoms with Crippen LogP contribution >= 0.6 is 11.3 Å². The van der Waals surface area contributed by atoms with E-state index < -0.39 is 0 Å². The van der Waals surface area contributed by atoms with E-state index in [1.165, 1.54) is 0 Å². The van der Waals surface area contributed by atoms with Gasteiger partial charge < -0.3 is 14.8 Å². The third-order valence-electron chi connectivity index (χ3n) is 4.30. The second kappa shape index (κ2) is 7.59. The van der Waals surface area contributed by atoms with Crippen molar-refractivity contribution in [3.8, 4) is 22.8 Å². The van der Waals surface area contributed by atoms with Gasteiger partial charge in [0.1, 0.15) is 23.6 Å². The Morgan fingerprint density at radius 3 is 2.70 bits per heavy atom. The van der Waals surface area contributed by atoms with E-state index in [-0.39, 0.29) is 0 Å². The Morgan fingerprint density at radius 2 is 1.93 bits per heavy atom. The highest BCUT2D eigenvalue weighted by Crippen LogP contribution is 2.29. The molecule has 4 rings (SSSR count). The van der Waals surface area contributed by atoms with E-state index in [9.17, 15) is 0 Å². The first kappa shape index (κ1) is 17.2. The summed E-state index contributed by atoms with van der Waals surface area (Å²) in [5.74, 6) is 2.30. The zero-order valence-electron chi connectivity index (χ0n) is 15.0. The van der Waals surface area contributed by atoms with Crippen LogP contribution in [-0.2, 0) is 6.54 Å². The number of thiazole rings is 1. The number of nitrogens with one attached hydrogen (secondary N) is 1. The zero-order chi connectivity index (χ0) is 18.6. The lowest BCUT2D eigenvalue weighted by molar-refractivity contribution is 0.391. The highest BCUT2D eigenvalue weighted by Gasteiger charge is 2.09. The summed E-state index contributed by atoms with van der Waals surface area (Å²) in [5, 5.41) is 6.38. The molecule has 0 spiro atoms. The molecule has 2 aromatic heterocycles. The molecule has 0 bridgehead atoms. The molecule has 7 heteroatoms. The van der Waals surface area contributed by atoms with Crippen LogP contribution in [0.15, 0.2) is 53.6 Å². The molecule has 0 unspecified atom stereocenters. The number of ether oxygens (including phenoxy) is 2. The van der Waals surface area contributed by atoms with Crippen LogP contribution in [0.4, 0.5) is 5.82 Å². The van der Waals surface area contributed by atoms with Gasteiger partial charge in [-0.25, -0.2) is 15.0 Å². The van der Waals surface area contributed by atoms with E-state index in [0.717, 1.165) is 45.0 Å². The molecule has 0 aliphatic heterocycles. The highest BCUT2D eigenvalue weighted by atomic mass is 32.1. The van der Waals surface area contributed by atoms with E-state index in [4.69, 9.17) is 9.47 Å². The SMILES string of the molecule is COc1ccc(CNc2ncnc3ccc(-c4cscn4)cc23)c(OC)c1. The zero-order valence-corrected chi connectivity index (χ0v) is 15.8. The van der Waals surface area contributed by atoms with E-state index >= 15 is 0 Å². The molecular formula is C20H18N4O2S. The lowest BCUT2D eigenvalue weighted by Gasteiger charge is -2.13. The minimum Gasteiger partial charge on any atom is -0.497 e. The molecule has 2 heterocycles. The highest BCUT2D eigenvalue weighted by molar-refractivity contribution is 7.07. The Balaban J connectivity index is 1.65. The van der Waals surface area contributed by atoms with Gasteiger partial charge in [-0.15, -0.1) is 11.3 Å². The minimum atomic E-state index is 0.570. The summed E-state index contributed by atoms with van der Waals surface area (Å²) in [6.07, 6.45) is 1.57. The Bertz CT molecular complexity index is 1070. The largest absolute Gasteiger partial charge is 0.497 e. The average molecular weight is 378 g/mol. The van der Waals surface area contributed by atoms with Crippen molar-refractivity contribution in [3.63, 3.8) is 0 Å². The molecule has 6 nitrogen and oxygen atoms in total. The molecule has 136 valence electrons. The minimum absolute atomic E-state index is 0.570. The molecule has 0 aliphatic rings. The second-order valence-corrected chi connectivity index (χ2v) is 6.58.